The second-order valence-electron chi connectivity index (χ2n) is 4.20. The van der Waals surface area contributed by atoms with E-state index in [4.69, 9.17) is 8.97 Å². The third-order valence-electron chi connectivity index (χ3n) is 2.63. The molecule has 10 heteroatoms. The van der Waals surface area contributed by atoms with Crippen molar-refractivity contribution in [1.29, 1.82) is 0 Å². The predicted molar refractivity (Wildman–Crippen MR) is 77.5 cm³/mol. The monoisotopic (exact) mass is 325 g/mol. The van der Waals surface area contributed by atoms with E-state index in [0.717, 1.165) is 0 Å². The minimum Gasteiger partial charge on any atom is -0.399 e. The van der Waals surface area contributed by atoms with Gasteiger partial charge in [-0.1, -0.05) is 0 Å². The Balaban J connectivity index is 2.11. The molecule has 0 aliphatic heterocycles. The Hall–Kier alpha value is -2.72. The predicted octanol–water partition coefficient (Wildman–Crippen LogP) is 2.27. The van der Waals surface area contributed by atoms with Gasteiger partial charge in [0.1, 0.15) is 10.6 Å². The van der Waals surface area contributed by atoms with E-state index in [1.165, 1.54) is 36.4 Å². The summed E-state index contributed by atoms with van der Waals surface area (Å²) in [6.45, 7) is 1.59. The number of nitrogens with zero attached hydrogens (tertiary/aromatic N) is 2. The summed E-state index contributed by atoms with van der Waals surface area (Å²) < 4.78 is 35.6. The Bertz CT molecular complexity index is 823. The number of hydrazone groups is 1. The molecule has 1 aromatic heterocycles. The van der Waals surface area contributed by atoms with E-state index in [2.05, 4.69) is 10.5 Å². The first kappa shape index (κ1) is 15.7. The Labute approximate surface area is 125 Å². The molecule has 2 rings (SSSR count). The average molecular weight is 325 g/mol. The van der Waals surface area contributed by atoms with Crippen LogP contribution >= 0.6 is 0 Å². The fraction of sp³-hybridized carbons (Fsp3) is 0.0833. The molecule has 0 spiro atoms. The molecule has 2 N–H and O–H groups in total. The van der Waals surface area contributed by atoms with Crippen LogP contribution in [-0.2, 0) is 10.1 Å². The topological polar surface area (TPSA) is 135 Å². The number of hydrogen-bond acceptors (Lipinski definition) is 7. The summed E-state index contributed by atoms with van der Waals surface area (Å²) in [5, 5.41) is 14.5. The Morgan fingerprint density at radius 2 is 1.91 bits per heavy atom. The summed E-state index contributed by atoms with van der Waals surface area (Å²) in [7, 11) is -4.24. The molecule has 0 bridgehead atoms. The maximum absolute atomic E-state index is 10.9. The number of furan rings is 1. The number of rotatable bonds is 5. The first-order chi connectivity index (χ1) is 10.3. The molecule has 2 aromatic rings. The van der Waals surface area contributed by atoms with Crippen molar-refractivity contribution in [2.45, 2.75) is 11.8 Å². The number of benzene rings is 1. The molecule has 0 saturated heterocycles. The lowest BCUT2D eigenvalue weighted by Crippen LogP contribution is -2.00. The van der Waals surface area contributed by atoms with Gasteiger partial charge in [0, 0.05) is 0 Å². The fourth-order valence-electron chi connectivity index (χ4n) is 1.53. The van der Waals surface area contributed by atoms with Gasteiger partial charge in [0.05, 0.1) is 16.6 Å². The molecule has 0 aliphatic rings. The van der Waals surface area contributed by atoms with Gasteiger partial charge in [0.25, 0.3) is 10.1 Å². The minimum absolute atomic E-state index is 0.230. The lowest BCUT2D eigenvalue weighted by Gasteiger charge is -2.02. The number of hydrogen-bond donors (Lipinski definition) is 2. The molecule has 116 valence electrons. The summed E-state index contributed by atoms with van der Waals surface area (Å²) in [5.41, 5.74) is 3.47. The van der Waals surface area contributed by atoms with E-state index in [1.807, 2.05) is 0 Å². The molecular formula is C12H11N3O6S. The second-order valence-corrected chi connectivity index (χ2v) is 5.62. The third kappa shape index (κ3) is 3.68. The number of nitrogens with one attached hydrogen (secondary N) is 1. The summed E-state index contributed by atoms with van der Waals surface area (Å²) in [6, 6.07) is 7.87. The van der Waals surface area contributed by atoms with Gasteiger partial charge in [-0.05, 0) is 37.3 Å². The van der Waals surface area contributed by atoms with Crippen LogP contribution in [0.3, 0.4) is 0 Å². The third-order valence-corrected chi connectivity index (χ3v) is 3.50. The molecule has 0 unspecified atom stereocenters. The molecule has 0 amide bonds. The summed E-state index contributed by atoms with van der Waals surface area (Å²) in [6.07, 6.45) is 0. The van der Waals surface area contributed by atoms with Crippen molar-refractivity contribution in [3.63, 3.8) is 0 Å². The molecular weight excluding hydrogens is 314 g/mol. The van der Waals surface area contributed by atoms with Crippen LogP contribution in [0, 0.1) is 10.1 Å². The highest BCUT2D eigenvalue weighted by Gasteiger charge is 2.13. The quantitative estimate of drug-likeness (QED) is 0.372. The lowest BCUT2D eigenvalue weighted by molar-refractivity contribution is -0.402. The van der Waals surface area contributed by atoms with E-state index in [0.29, 0.717) is 11.4 Å². The van der Waals surface area contributed by atoms with Crippen LogP contribution in [-0.4, -0.2) is 23.6 Å². The minimum atomic E-state index is -4.24. The van der Waals surface area contributed by atoms with Gasteiger partial charge >= 0.3 is 5.88 Å². The van der Waals surface area contributed by atoms with Gasteiger partial charge in [0.15, 0.2) is 5.76 Å². The van der Waals surface area contributed by atoms with Crippen molar-refractivity contribution in [3.8, 4) is 0 Å². The largest absolute Gasteiger partial charge is 0.433 e. The van der Waals surface area contributed by atoms with Crippen LogP contribution in [0.1, 0.15) is 12.7 Å². The van der Waals surface area contributed by atoms with Crippen LogP contribution in [0.15, 0.2) is 50.8 Å². The van der Waals surface area contributed by atoms with Gasteiger partial charge in [-0.25, -0.2) is 0 Å². The number of nitro groups is 1. The van der Waals surface area contributed by atoms with Crippen LogP contribution in [0.25, 0.3) is 0 Å². The zero-order valence-electron chi connectivity index (χ0n) is 11.3. The molecule has 0 saturated carbocycles. The van der Waals surface area contributed by atoms with Crippen molar-refractivity contribution in [3.05, 3.63) is 52.3 Å². The second kappa shape index (κ2) is 5.95. The first-order valence-corrected chi connectivity index (χ1v) is 7.34. The number of anilines is 1. The summed E-state index contributed by atoms with van der Waals surface area (Å²) >= 11 is 0. The molecule has 1 aromatic carbocycles. The molecule has 0 atom stereocenters. The van der Waals surface area contributed by atoms with E-state index < -0.39 is 15.0 Å². The molecule has 0 aliphatic carbocycles. The summed E-state index contributed by atoms with van der Waals surface area (Å²) in [5.74, 6) is -0.157. The summed E-state index contributed by atoms with van der Waals surface area (Å²) in [4.78, 5) is 9.63. The standard InChI is InChI=1S/C12H11N3O6S/c1-8(11-6-7-12(21-11)15(16)17)13-14-9-2-4-10(5-3-9)22(18,19)20/h2-7,14H,1H3,(H,18,19,20)/b13-8-. The zero-order chi connectivity index (χ0) is 16.3. The lowest BCUT2D eigenvalue weighted by atomic mass is 10.3. The molecule has 0 fully saturated rings. The van der Waals surface area contributed by atoms with Crippen LogP contribution in [0.4, 0.5) is 11.6 Å². The van der Waals surface area contributed by atoms with Crippen LogP contribution < -0.4 is 5.43 Å². The zero-order valence-corrected chi connectivity index (χ0v) is 12.1. The van der Waals surface area contributed by atoms with E-state index in [-0.39, 0.29) is 16.5 Å². The highest BCUT2D eigenvalue weighted by atomic mass is 32.2. The van der Waals surface area contributed by atoms with Gasteiger partial charge in [-0.3, -0.25) is 20.1 Å². The molecule has 9 nitrogen and oxygen atoms in total. The maximum Gasteiger partial charge on any atom is 0.433 e. The van der Waals surface area contributed by atoms with Gasteiger partial charge in [0.2, 0.25) is 0 Å². The van der Waals surface area contributed by atoms with Crippen molar-refractivity contribution in [1.82, 2.24) is 0 Å². The first-order valence-electron chi connectivity index (χ1n) is 5.90. The van der Waals surface area contributed by atoms with E-state index >= 15 is 0 Å². The van der Waals surface area contributed by atoms with Crippen LogP contribution in [0.5, 0.6) is 0 Å². The Morgan fingerprint density at radius 3 is 2.41 bits per heavy atom. The van der Waals surface area contributed by atoms with Crippen LogP contribution in [0.2, 0.25) is 0 Å². The van der Waals surface area contributed by atoms with Crippen molar-refractivity contribution in [2.75, 3.05) is 5.43 Å². The Morgan fingerprint density at radius 1 is 1.27 bits per heavy atom. The highest BCUT2D eigenvalue weighted by molar-refractivity contribution is 7.85. The van der Waals surface area contributed by atoms with Gasteiger partial charge < -0.3 is 4.42 Å². The average Bonchev–Trinajstić information content (AvgIpc) is 2.94. The fourth-order valence-corrected chi connectivity index (χ4v) is 2.01. The molecule has 22 heavy (non-hydrogen) atoms. The maximum atomic E-state index is 10.9. The van der Waals surface area contributed by atoms with E-state index in [9.17, 15) is 18.5 Å². The normalized spacial score (nSPS) is 12.2. The molecule has 1 heterocycles. The SMILES string of the molecule is C/C(=N/Nc1ccc(S(=O)(=O)O)cc1)c1ccc([N+](=O)[O-])o1. The molecule has 0 radical (unpaired) electrons. The van der Waals surface area contributed by atoms with Gasteiger partial charge in [-0.15, -0.1) is 0 Å². The highest BCUT2D eigenvalue weighted by Crippen LogP contribution is 2.17. The van der Waals surface area contributed by atoms with E-state index in [1.54, 1.807) is 6.92 Å². The van der Waals surface area contributed by atoms with Crippen molar-refractivity contribution in [2.24, 2.45) is 5.10 Å². The smallest absolute Gasteiger partial charge is 0.399 e. The Kier molecular flexibility index (Phi) is 4.24. The van der Waals surface area contributed by atoms with Gasteiger partial charge in [-0.2, -0.15) is 13.5 Å². The van der Waals surface area contributed by atoms with Crippen molar-refractivity contribution >= 4 is 27.4 Å². The van der Waals surface area contributed by atoms with Crippen molar-refractivity contribution < 1.29 is 22.3 Å².